The van der Waals surface area contributed by atoms with Gasteiger partial charge in [-0.2, -0.15) is 0 Å². The smallest absolute Gasteiger partial charge is 0.326 e. The zero-order valence-electron chi connectivity index (χ0n) is 41.1. The van der Waals surface area contributed by atoms with Crippen LogP contribution >= 0.6 is 15.9 Å². The summed E-state index contributed by atoms with van der Waals surface area (Å²) in [5.74, 6) is -8.08. The van der Waals surface area contributed by atoms with Gasteiger partial charge in [0.05, 0.1) is 26.2 Å². The number of nitrogens with one attached hydrogen (secondary N) is 4. The summed E-state index contributed by atoms with van der Waals surface area (Å²) in [6.45, 7) is 2.18. The fraction of sp³-hybridized carbons (Fsp3) is 0.542. The molecular weight excluding hydrogens is 1040 g/mol. The van der Waals surface area contributed by atoms with Gasteiger partial charge in [-0.1, -0.05) is 40.2 Å². The lowest BCUT2D eigenvalue weighted by atomic mass is 10.1. The molecule has 0 radical (unpaired) electrons. The van der Waals surface area contributed by atoms with Crippen molar-refractivity contribution in [3.63, 3.8) is 0 Å². The average molecular weight is 1110 g/mol. The van der Waals surface area contributed by atoms with E-state index in [-0.39, 0.29) is 142 Å². The number of carboxylic acid groups (broad SMARTS) is 6. The first-order chi connectivity index (χ1) is 35.2. The molecule has 1 aliphatic heterocycles. The van der Waals surface area contributed by atoms with Gasteiger partial charge in [0.25, 0.3) is 5.91 Å². The van der Waals surface area contributed by atoms with Gasteiger partial charge in [-0.3, -0.25) is 53.2 Å². The fourth-order valence-electron chi connectivity index (χ4n) is 7.78. The van der Waals surface area contributed by atoms with Crippen LogP contribution in [0.15, 0.2) is 53.0 Å². The van der Waals surface area contributed by atoms with Gasteiger partial charge in [0.2, 0.25) is 11.8 Å². The highest BCUT2D eigenvalue weighted by Crippen LogP contribution is 2.15. The first-order valence-electron chi connectivity index (χ1n) is 24.1. The highest BCUT2D eigenvalue weighted by molar-refractivity contribution is 9.10. The first-order valence-corrected chi connectivity index (χ1v) is 24.9. The Hall–Kier alpha value is -6.74. The third-order valence-electron chi connectivity index (χ3n) is 11.8. The molecule has 25 nitrogen and oxygen atoms in total. The maximum atomic E-state index is 13.5. The number of urea groups is 1. The standard InChI is InChI=1S/C48H68BrN9O16/c49-36-13-9-34(10-14-36)28-58(18-4-2-5-37(46(70)71)52-48(74)53-38(47(72)73)15-16-41(61)62)40(60)6-1-3-17-50-45(69)35-11-7-33(8-12-35)27-51-39(59)29-54-19-21-55(30-42(63)64)23-25-57(32-44(67)68)26-24-56(22-20-54)31-43(65)66/h7-14,37-38H,1-6,15-32H2,(H,50,69)(H,51,59)(H,61,62)(H,63,64)(H,65,66)(H,67,68)(H,70,71)(H,72,73)(H2,52,53,74)/t37-,38-/m0/s1. The van der Waals surface area contributed by atoms with Crippen molar-refractivity contribution < 1.29 is 78.6 Å². The lowest BCUT2D eigenvalue weighted by Crippen LogP contribution is -2.51. The number of nitrogens with zero attached hydrogens (tertiary/aromatic N) is 5. The molecular formula is C48H68BrN9O16. The molecule has 26 heteroatoms. The third-order valence-corrected chi connectivity index (χ3v) is 12.4. The van der Waals surface area contributed by atoms with Crippen LogP contribution < -0.4 is 21.3 Å². The largest absolute Gasteiger partial charge is 0.481 e. The van der Waals surface area contributed by atoms with Crippen molar-refractivity contribution in [1.82, 2.24) is 45.8 Å². The van der Waals surface area contributed by atoms with Gasteiger partial charge < -0.3 is 56.8 Å². The van der Waals surface area contributed by atoms with Crippen LogP contribution in [0, 0.1) is 0 Å². The zero-order valence-corrected chi connectivity index (χ0v) is 42.7. The van der Waals surface area contributed by atoms with Crippen LogP contribution in [-0.4, -0.2) is 218 Å². The van der Waals surface area contributed by atoms with Crippen LogP contribution in [0.2, 0.25) is 0 Å². The minimum atomic E-state index is -1.54. The van der Waals surface area contributed by atoms with E-state index in [2.05, 4.69) is 37.2 Å². The van der Waals surface area contributed by atoms with E-state index in [1.807, 2.05) is 29.2 Å². The van der Waals surface area contributed by atoms with E-state index in [1.54, 1.807) is 43.9 Å². The maximum absolute atomic E-state index is 13.5. The molecule has 0 aromatic heterocycles. The van der Waals surface area contributed by atoms with E-state index in [0.717, 1.165) is 10.0 Å². The van der Waals surface area contributed by atoms with Crippen molar-refractivity contribution >= 4 is 75.5 Å². The maximum Gasteiger partial charge on any atom is 0.326 e. The number of hydrogen-bond donors (Lipinski definition) is 10. The van der Waals surface area contributed by atoms with Crippen LogP contribution in [0.25, 0.3) is 0 Å². The van der Waals surface area contributed by atoms with Crippen LogP contribution in [0.3, 0.4) is 0 Å². The van der Waals surface area contributed by atoms with Crippen molar-refractivity contribution in [1.29, 1.82) is 0 Å². The quantitative estimate of drug-likeness (QED) is 0.0482. The number of carbonyl (C=O) groups is 10. The number of amides is 5. The SMILES string of the molecule is O=C(O)CC[C@H](NC(=O)N[C@@H](CCCCN(Cc1ccc(Br)cc1)C(=O)CCCCNC(=O)c1ccc(CNC(=O)CN2CCN(CC(=O)O)CCN(CC(=O)O)CCN(CC(=O)O)CC2)cc1)C(=O)O)C(=O)O. The monoisotopic (exact) mass is 1110 g/mol. The molecule has 408 valence electrons. The van der Waals surface area contributed by atoms with Gasteiger partial charge in [0, 0.05) is 101 Å². The Morgan fingerprint density at radius 2 is 1.00 bits per heavy atom. The Bertz CT molecular complexity index is 2170. The molecule has 0 saturated carbocycles. The number of hydrogen-bond acceptors (Lipinski definition) is 14. The Kier molecular flexibility index (Phi) is 27.6. The number of rotatable bonds is 30. The topological polar surface area (TPSA) is 356 Å². The molecule has 2 aromatic rings. The molecule has 1 aliphatic rings. The summed E-state index contributed by atoms with van der Waals surface area (Å²) in [5, 5.41) is 66.2. The Balaban J connectivity index is 1.48. The average Bonchev–Trinajstić information content (AvgIpc) is 3.33. The normalized spacial score (nSPS) is 15.0. The molecule has 1 saturated heterocycles. The number of benzene rings is 2. The van der Waals surface area contributed by atoms with Crippen LogP contribution in [0.4, 0.5) is 4.79 Å². The summed E-state index contributed by atoms with van der Waals surface area (Å²) in [5.41, 5.74) is 1.94. The van der Waals surface area contributed by atoms with Crippen LogP contribution in [0.1, 0.15) is 72.9 Å². The zero-order chi connectivity index (χ0) is 54.6. The lowest BCUT2D eigenvalue weighted by molar-refractivity contribution is -0.141. The highest BCUT2D eigenvalue weighted by Gasteiger charge is 2.26. The molecule has 0 unspecified atom stereocenters. The summed E-state index contributed by atoms with van der Waals surface area (Å²) in [4.78, 5) is 129. The molecule has 5 amide bonds. The van der Waals surface area contributed by atoms with Crippen molar-refractivity contribution in [2.45, 2.75) is 76.5 Å². The lowest BCUT2D eigenvalue weighted by Gasteiger charge is -2.32. The van der Waals surface area contributed by atoms with Crippen LogP contribution in [0.5, 0.6) is 0 Å². The van der Waals surface area contributed by atoms with Gasteiger partial charge in [-0.15, -0.1) is 0 Å². The van der Waals surface area contributed by atoms with Crippen LogP contribution in [-0.2, 0) is 51.4 Å². The molecule has 3 rings (SSSR count). The molecule has 1 fully saturated rings. The number of carbonyl (C=O) groups excluding carboxylic acids is 4. The summed E-state index contributed by atoms with van der Waals surface area (Å²) < 4.78 is 0.851. The van der Waals surface area contributed by atoms with E-state index < -0.39 is 66.8 Å². The Labute approximate surface area is 436 Å². The predicted molar refractivity (Wildman–Crippen MR) is 268 cm³/mol. The summed E-state index contributed by atoms with van der Waals surface area (Å²) >= 11 is 3.40. The summed E-state index contributed by atoms with van der Waals surface area (Å²) in [7, 11) is 0. The van der Waals surface area contributed by atoms with Crippen molar-refractivity contribution in [2.75, 3.05) is 91.6 Å². The van der Waals surface area contributed by atoms with Crippen molar-refractivity contribution in [2.24, 2.45) is 0 Å². The van der Waals surface area contributed by atoms with Gasteiger partial charge in [-0.05, 0) is 73.9 Å². The summed E-state index contributed by atoms with van der Waals surface area (Å²) in [6.07, 6.45) is 0.794. The van der Waals surface area contributed by atoms with E-state index in [9.17, 15) is 73.5 Å². The second kappa shape index (κ2) is 33.2. The predicted octanol–water partition coefficient (Wildman–Crippen LogP) is 0.710. The number of halogens is 1. The Morgan fingerprint density at radius 3 is 1.47 bits per heavy atom. The van der Waals surface area contributed by atoms with E-state index in [1.165, 1.54) is 0 Å². The minimum Gasteiger partial charge on any atom is -0.481 e. The van der Waals surface area contributed by atoms with Gasteiger partial charge in [0.15, 0.2) is 0 Å². The number of carboxylic acids is 6. The fourth-order valence-corrected chi connectivity index (χ4v) is 8.04. The molecule has 10 N–H and O–H groups in total. The van der Waals surface area contributed by atoms with E-state index >= 15 is 0 Å². The molecule has 0 spiro atoms. The molecule has 0 bridgehead atoms. The second-order valence-corrected chi connectivity index (χ2v) is 18.7. The molecule has 0 aliphatic carbocycles. The number of aliphatic carboxylic acids is 6. The minimum absolute atomic E-state index is 0.0339. The molecule has 2 atom stereocenters. The first kappa shape index (κ1) is 61.6. The Morgan fingerprint density at radius 1 is 0.527 bits per heavy atom. The second-order valence-electron chi connectivity index (χ2n) is 17.7. The van der Waals surface area contributed by atoms with E-state index in [0.29, 0.717) is 30.4 Å². The summed E-state index contributed by atoms with van der Waals surface area (Å²) in [6, 6.07) is 10.0. The molecule has 74 heavy (non-hydrogen) atoms. The van der Waals surface area contributed by atoms with Gasteiger partial charge in [0.1, 0.15) is 12.1 Å². The van der Waals surface area contributed by atoms with Crippen molar-refractivity contribution in [3.8, 4) is 0 Å². The van der Waals surface area contributed by atoms with Crippen molar-refractivity contribution in [3.05, 3.63) is 69.7 Å². The van der Waals surface area contributed by atoms with E-state index in [4.69, 9.17) is 5.11 Å². The van der Waals surface area contributed by atoms with Gasteiger partial charge >= 0.3 is 41.8 Å². The highest BCUT2D eigenvalue weighted by atomic mass is 79.9. The van der Waals surface area contributed by atoms with Gasteiger partial charge in [-0.25, -0.2) is 14.4 Å². The molecule has 2 aromatic carbocycles. The number of unbranched alkanes of at least 4 members (excludes halogenated alkanes) is 2. The third kappa shape index (κ3) is 25.8. The molecule has 1 heterocycles.